The van der Waals surface area contributed by atoms with Crippen LogP contribution < -0.4 is 11.1 Å². The van der Waals surface area contributed by atoms with Crippen LogP contribution in [-0.4, -0.2) is 35.8 Å². The highest BCUT2D eigenvalue weighted by molar-refractivity contribution is 5.91. The number of pyridine rings is 1. The number of rotatable bonds is 5. The molecule has 0 aliphatic heterocycles. The van der Waals surface area contributed by atoms with E-state index >= 15 is 0 Å². The van der Waals surface area contributed by atoms with Gasteiger partial charge in [-0.25, -0.2) is 4.98 Å². The number of aryl methyl sites for hydroxylation is 1. The molecule has 0 aliphatic rings. The monoisotopic (exact) mass is 225 g/mol. The average molecular weight is 225 g/mol. The Kier molecular flexibility index (Phi) is 4.68. The third kappa shape index (κ3) is 3.84. The van der Waals surface area contributed by atoms with Crippen molar-refractivity contribution in [3.63, 3.8) is 0 Å². The first-order valence-electron chi connectivity index (χ1n) is 4.87. The number of aromatic hydroxyl groups is 1. The van der Waals surface area contributed by atoms with E-state index in [1.54, 1.807) is 13.0 Å². The molecule has 88 valence electrons. The van der Waals surface area contributed by atoms with Gasteiger partial charge in [0.05, 0.1) is 6.61 Å². The average Bonchev–Trinajstić information content (AvgIpc) is 2.24. The molecular weight excluding hydrogens is 210 g/mol. The van der Waals surface area contributed by atoms with Crippen molar-refractivity contribution < 1.29 is 14.6 Å². The van der Waals surface area contributed by atoms with Crippen LogP contribution in [0.15, 0.2) is 12.1 Å². The number of carbonyl (C=O) groups excluding carboxylic acids is 1. The molecule has 0 saturated carbocycles. The number of nitrogens with zero attached hydrogens (tertiary/aromatic N) is 1. The Labute approximate surface area is 93.4 Å². The molecule has 6 nitrogen and oxygen atoms in total. The molecule has 16 heavy (non-hydrogen) atoms. The van der Waals surface area contributed by atoms with Gasteiger partial charge in [0, 0.05) is 12.2 Å². The highest BCUT2D eigenvalue weighted by Crippen LogP contribution is 2.19. The molecule has 0 unspecified atom stereocenters. The smallest absolute Gasteiger partial charge is 0.251 e. The van der Waals surface area contributed by atoms with Gasteiger partial charge in [0.2, 0.25) is 0 Å². The van der Waals surface area contributed by atoms with E-state index in [1.807, 2.05) is 0 Å². The van der Waals surface area contributed by atoms with E-state index in [1.165, 1.54) is 6.07 Å². The number of anilines is 1. The van der Waals surface area contributed by atoms with E-state index in [0.717, 1.165) is 0 Å². The van der Waals surface area contributed by atoms with Gasteiger partial charge in [-0.2, -0.15) is 0 Å². The fraction of sp³-hybridized carbons (Fsp3) is 0.400. The van der Waals surface area contributed by atoms with Crippen LogP contribution in [0, 0.1) is 6.92 Å². The van der Waals surface area contributed by atoms with Crippen molar-refractivity contribution in [3.8, 4) is 5.75 Å². The van der Waals surface area contributed by atoms with Crippen LogP contribution in [0.2, 0.25) is 0 Å². The number of hydrogen-bond acceptors (Lipinski definition) is 5. The lowest BCUT2D eigenvalue weighted by Gasteiger charge is -2.07. The number of nitrogens with one attached hydrogen (secondary N) is 1. The lowest BCUT2D eigenvalue weighted by molar-refractivity contribution is -0.120. The van der Waals surface area contributed by atoms with Gasteiger partial charge in [-0.1, -0.05) is 0 Å². The third-order valence-corrected chi connectivity index (χ3v) is 1.77. The Morgan fingerprint density at radius 2 is 2.38 bits per heavy atom. The Morgan fingerprint density at radius 1 is 1.62 bits per heavy atom. The summed E-state index contributed by atoms with van der Waals surface area (Å²) in [4.78, 5) is 15.3. The summed E-state index contributed by atoms with van der Waals surface area (Å²) in [7, 11) is 0. The summed E-state index contributed by atoms with van der Waals surface area (Å²) in [6.45, 7) is 2.34. The number of aromatic nitrogens is 1. The zero-order valence-electron chi connectivity index (χ0n) is 9.06. The van der Waals surface area contributed by atoms with E-state index in [2.05, 4.69) is 10.3 Å². The molecule has 6 heteroatoms. The van der Waals surface area contributed by atoms with Crippen LogP contribution in [0.3, 0.4) is 0 Å². The molecule has 1 aromatic heterocycles. The van der Waals surface area contributed by atoms with Crippen molar-refractivity contribution >= 4 is 11.7 Å². The molecule has 0 radical (unpaired) electrons. The van der Waals surface area contributed by atoms with Crippen LogP contribution in [0.4, 0.5) is 5.82 Å². The Hall–Kier alpha value is -1.66. The molecule has 0 atom stereocenters. The number of nitrogens with two attached hydrogens (primary N) is 1. The van der Waals surface area contributed by atoms with E-state index in [4.69, 9.17) is 10.5 Å². The third-order valence-electron chi connectivity index (χ3n) is 1.77. The van der Waals surface area contributed by atoms with Crippen molar-refractivity contribution in [2.75, 3.05) is 25.1 Å². The predicted molar refractivity (Wildman–Crippen MR) is 59.1 cm³/mol. The molecule has 1 amide bonds. The lowest BCUT2D eigenvalue weighted by atomic mass is 10.3. The van der Waals surface area contributed by atoms with E-state index in [9.17, 15) is 9.90 Å². The van der Waals surface area contributed by atoms with Gasteiger partial charge in [-0.05, 0) is 19.1 Å². The highest BCUT2D eigenvalue weighted by Gasteiger charge is 2.07. The van der Waals surface area contributed by atoms with Crippen molar-refractivity contribution in [1.82, 2.24) is 4.98 Å². The van der Waals surface area contributed by atoms with Crippen molar-refractivity contribution in [1.29, 1.82) is 0 Å². The summed E-state index contributed by atoms with van der Waals surface area (Å²) in [5, 5.41) is 11.9. The first-order chi connectivity index (χ1) is 7.63. The highest BCUT2D eigenvalue weighted by atomic mass is 16.5. The van der Waals surface area contributed by atoms with Crippen LogP contribution in [0.1, 0.15) is 5.69 Å². The summed E-state index contributed by atoms with van der Waals surface area (Å²) in [6, 6.07) is 3.12. The van der Waals surface area contributed by atoms with Crippen molar-refractivity contribution in [3.05, 3.63) is 17.8 Å². The van der Waals surface area contributed by atoms with Gasteiger partial charge >= 0.3 is 0 Å². The topological polar surface area (TPSA) is 97.5 Å². The van der Waals surface area contributed by atoms with Gasteiger partial charge in [0.25, 0.3) is 5.91 Å². The Bertz CT molecular complexity index is 368. The predicted octanol–water partition coefficient (Wildman–Crippen LogP) is 0.00942. The maximum Gasteiger partial charge on any atom is 0.251 e. The fourth-order valence-corrected chi connectivity index (χ4v) is 1.06. The molecule has 0 aliphatic carbocycles. The second-order valence-electron chi connectivity index (χ2n) is 3.21. The molecule has 0 spiro atoms. The summed E-state index contributed by atoms with van der Waals surface area (Å²) in [5.41, 5.74) is 5.91. The molecule has 0 bridgehead atoms. The number of hydrogen-bond donors (Lipinski definition) is 3. The maximum atomic E-state index is 11.3. The van der Waals surface area contributed by atoms with Gasteiger partial charge in [0.15, 0.2) is 11.6 Å². The molecule has 4 N–H and O–H groups in total. The van der Waals surface area contributed by atoms with Crippen molar-refractivity contribution in [2.24, 2.45) is 5.73 Å². The first-order valence-corrected chi connectivity index (χ1v) is 4.87. The second kappa shape index (κ2) is 6.04. The van der Waals surface area contributed by atoms with Crippen LogP contribution >= 0.6 is 0 Å². The first kappa shape index (κ1) is 12.4. The van der Waals surface area contributed by atoms with Crippen molar-refractivity contribution in [2.45, 2.75) is 6.92 Å². The molecule has 1 heterocycles. The zero-order valence-corrected chi connectivity index (χ0v) is 9.06. The van der Waals surface area contributed by atoms with Gasteiger partial charge in [-0.15, -0.1) is 0 Å². The van der Waals surface area contributed by atoms with Crippen LogP contribution in [0.5, 0.6) is 5.75 Å². The van der Waals surface area contributed by atoms with Crippen LogP contribution in [-0.2, 0) is 9.53 Å². The van der Waals surface area contributed by atoms with Gasteiger partial charge in [-0.3, -0.25) is 4.79 Å². The zero-order chi connectivity index (χ0) is 12.0. The van der Waals surface area contributed by atoms with Gasteiger partial charge in [0.1, 0.15) is 6.61 Å². The van der Waals surface area contributed by atoms with E-state index in [-0.39, 0.29) is 24.1 Å². The van der Waals surface area contributed by atoms with Gasteiger partial charge < -0.3 is 20.9 Å². The minimum Gasteiger partial charge on any atom is -0.504 e. The summed E-state index contributed by atoms with van der Waals surface area (Å²) in [6.07, 6.45) is 0. The second-order valence-corrected chi connectivity index (χ2v) is 3.21. The molecule has 0 fully saturated rings. The summed E-state index contributed by atoms with van der Waals surface area (Å²) >= 11 is 0. The largest absolute Gasteiger partial charge is 0.504 e. The number of amides is 1. The maximum absolute atomic E-state index is 11.3. The number of carbonyl (C=O) groups is 1. The molecule has 0 aromatic carbocycles. The molecule has 1 rings (SSSR count). The van der Waals surface area contributed by atoms with Crippen LogP contribution in [0.25, 0.3) is 0 Å². The minimum atomic E-state index is -0.373. The fourth-order valence-electron chi connectivity index (χ4n) is 1.06. The summed E-state index contributed by atoms with van der Waals surface area (Å²) in [5.74, 6) is -0.305. The van der Waals surface area contributed by atoms with E-state index < -0.39 is 0 Å². The quantitative estimate of drug-likeness (QED) is 0.613. The van der Waals surface area contributed by atoms with E-state index in [0.29, 0.717) is 18.8 Å². The minimum absolute atomic E-state index is 0.0715. The molecule has 0 saturated heterocycles. The Morgan fingerprint density at radius 3 is 3.06 bits per heavy atom. The lowest BCUT2D eigenvalue weighted by Crippen LogP contribution is -2.21. The standard InChI is InChI=1S/C10H15N3O3/c1-7-2-3-8(14)10(12-7)13-9(15)6-16-5-4-11/h2-3,14H,4-6,11H2,1H3,(H,12,13,15). The SMILES string of the molecule is Cc1ccc(O)c(NC(=O)COCCN)n1. The normalized spacial score (nSPS) is 10.1. The molecular formula is C10H15N3O3. The summed E-state index contributed by atoms with van der Waals surface area (Å²) < 4.78 is 4.94. The Balaban J connectivity index is 2.52. The molecule has 1 aromatic rings. The number of ether oxygens (including phenoxy) is 1.